The van der Waals surface area contributed by atoms with E-state index in [-0.39, 0.29) is 0 Å². The minimum atomic E-state index is -2.54. The van der Waals surface area contributed by atoms with Gasteiger partial charge >= 0.3 is 0 Å². The first-order chi connectivity index (χ1) is 57.5. The van der Waals surface area contributed by atoms with Crippen molar-refractivity contribution in [2.75, 3.05) is 73.2 Å². The van der Waals surface area contributed by atoms with Gasteiger partial charge in [0.25, 0.3) is 0 Å². The van der Waals surface area contributed by atoms with Crippen LogP contribution in [-0.4, -0.2) is 575 Å². The van der Waals surface area contributed by atoms with Gasteiger partial charge in [-0.2, -0.15) is 0 Å². The zero-order valence-corrected chi connectivity index (χ0v) is 63.5. The first-order valence-electron chi connectivity index (χ1n) is 38.6. The largest absolute Gasteiger partial charge is 0.394 e. The number of aliphatic hydroxyl groups excluding tert-OH is 32. The fourth-order valence-electron chi connectivity index (χ4n) is 16.1. The van der Waals surface area contributed by atoms with Gasteiger partial charge < -0.3 is 272 Å². The van der Waals surface area contributed by atoms with Crippen molar-refractivity contribution in [1.82, 2.24) is 0 Å². The lowest BCUT2D eigenvalue weighted by Crippen LogP contribution is -2.68. The maximum Gasteiger partial charge on any atom is 0.189 e. The molecule has 0 saturated carbocycles. The molecule has 0 aromatic rings. The van der Waals surface area contributed by atoms with E-state index in [9.17, 15) is 163 Å². The van der Waals surface area contributed by atoms with Crippen molar-refractivity contribution in [2.24, 2.45) is 0 Å². The van der Waals surface area contributed by atoms with Gasteiger partial charge in [0.2, 0.25) is 0 Å². The molecule has 2 unspecified atom stereocenters. The molecular formula is C66H110O55. The van der Waals surface area contributed by atoms with Crippen LogP contribution < -0.4 is 0 Å². The quantitative estimate of drug-likeness (QED) is 0.0571. The minimum absolute atomic E-state index is 0.919. The molecule has 55 heteroatoms. The second kappa shape index (κ2) is 41.9. The summed E-state index contributed by atoms with van der Waals surface area (Å²) in [6, 6.07) is 0. The summed E-state index contributed by atoms with van der Waals surface area (Å²) in [7, 11) is 1.09. The first kappa shape index (κ1) is 97.8. The molecule has 25 fully saturated rings. The van der Waals surface area contributed by atoms with Crippen LogP contribution in [0.25, 0.3) is 0 Å². The van der Waals surface area contributed by atoms with E-state index in [1.165, 1.54) is 0 Å². The Morgan fingerprint density at radius 3 is 0.727 bits per heavy atom. The summed E-state index contributed by atoms with van der Waals surface area (Å²) in [5, 5.41) is 360. The molecule has 0 amide bonds. The summed E-state index contributed by atoms with van der Waals surface area (Å²) in [6.07, 6.45) is -119. The highest BCUT2D eigenvalue weighted by Gasteiger charge is 2.63. The van der Waals surface area contributed by atoms with Crippen molar-refractivity contribution in [2.45, 2.75) is 338 Å². The highest BCUT2D eigenvalue weighted by atomic mass is 16.8. The Labute approximate surface area is 681 Å². The van der Waals surface area contributed by atoms with Crippen LogP contribution in [0.5, 0.6) is 0 Å². The van der Waals surface area contributed by atoms with Gasteiger partial charge in [-0.15, -0.1) is 0 Å². The third-order valence-electron chi connectivity index (χ3n) is 23.1. The van der Waals surface area contributed by atoms with Crippen LogP contribution in [0.3, 0.4) is 0 Å². The number of methoxy groups -OCH3 is 1. The number of rotatable bonds is 19. The van der Waals surface area contributed by atoms with Gasteiger partial charge in [-0.25, -0.2) is 0 Å². The van der Waals surface area contributed by atoms with Crippen molar-refractivity contribution in [1.29, 1.82) is 0 Å². The van der Waals surface area contributed by atoms with Crippen LogP contribution in [-0.2, 0) is 109 Å². The zero-order chi connectivity index (χ0) is 88.1. The Hall–Kier alpha value is -2.20. The van der Waals surface area contributed by atoms with Crippen LogP contribution in [0.15, 0.2) is 0 Å². The molecular weight excluding hydrogens is 1670 g/mol. The van der Waals surface area contributed by atoms with E-state index in [1.807, 2.05) is 0 Å². The third-order valence-corrected chi connectivity index (χ3v) is 23.1. The molecule has 0 radical (unpaired) electrons. The number of hydrogen-bond donors (Lipinski definition) is 32. The maximum atomic E-state index is 12.1. The third kappa shape index (κ3) is 19.9. The summed E-state index contributed by atoms with van der Waals surface area (Å²) >= 11 is 0. The van der Waals surface area contributed by atoms with Crippen molar-refractivity contribution >= 4 is 0 Å². The smallest absolute Gasteiger partial charge is 0.189 e. The summed E-state index contributed by atoms with van der Waals surface area (Å²) in [6.45, 7) is -11.4. The van der Waals surface area contributed by atoms with Gasteiger partial charge in [0.1, 0.15) is 262 Å². The molecule has 25 saturated heterocycles. The van der Waals surface area contributed by atoms with Crippen LogP contribution in [0.4, 0.5) is 0 Å². The first-order valence-corrected chi connectivity index (χ1v) is 38.6. The standard InChI is InChI=1S/C66H110O55/c1-99-55-37(90)26(79)46(13(3-68)103-55)113-58-36(89)25(78)23(76)20(110-58)10-101-66-54-34(87)45(98)65(121-66)118-52-19(9-74)107-61(41(94)31(52)84)114-48-15(5-70)105-59(39(92)28(48)81)115-49-16(6-71)108-62(42(95)30(49)83)119-53-21(11-100-56-38(91)27(80)47(14(4-69)104-56)112-57-35(88)24(77)22(75)12(2-67)102-57)111-64(44(97)33(53)86)117-51-17(7-72)106-60(40(93)29(51)82)116-50-18(8-73)109-63(120-54)43(96)32(50)85/h12-98H,2-11H2,1H3/t12-,13-,14-,15-,16-,17-,18-,19-,20-,21-,22-,23-,24+,25+,26-,27-,28-,29-,30-,31-,32-,33-,34-,35-,36-,37-,38-,39-,40-,41-,42-,43-,44-,45-,46-,47-,48-,49-,50-,51-,52-,53-,54+,55?,56?,57-,58-,59-,60-,61-,62-,63-,64-,65+,66+/m1/s1. The van der Waals surface area contributed by atoms with Gasteiger partial charge in [-0.3, -0.25) is 0 Å². The lowest BCUT2D eigenvalue weighted by Gasteiger charge is -2.50. The van der Waals surface area contributed by atoms with Crippen molar-refractivity contribution in [3.05, 3.63) is 0 Å². The highest BCUT2D eigenvalue weighted by molar-refractivity contribution is 5.04. The average Bonchev–Trinajstić information content (AvgIpc) is 0.849. The molecule has 0 spiro atoms. The molecule has 25 heterocycles. The topological polar surface area (TPSA) is 860 Å². The molecule has 704 valence electrons. The van der Waals surface area contributed by atoms with Crippen LogP contribution in [0, 0.1) is 0 Å². The molecule has 25 aliphatic rings. The fraction of sp³-hybridized carbons (Fsp3) is 1.00. The summed E-state index contributed by atoms with van der Waals surface area (Å²) in [4.78, 5) is 0. The molecule has 0 aliphatic carbocycles. The number of ether oxygens (including phenoxy) is 23. The fourth-order valence-corrected chi connectivity index (χ4v) is 16.1. The summed E-state index contributed by atoms with van der Waals surface area (Å²) in [5.41, 5.74) is 0. The van der Waals surface area contributed by atoms with Crippen molar-refractivity contribution in [3.63, 3.8) is 0 Å². The molecule has 0 aromatic carbocycles. The van der Waals surface area contributed by atoms with E-state index in [2.05, 4.69) is 0 Å². The zero-order valence-electron chi connectivity index (χ0n) is 63.5. The van der Waals surface area contributed by atoms with Gasteiger partial charge in [-0.05, 0) is 0 Å². The van der Waals surface area contributed by atoms with E-state index < -0.39 is 404 Å². The van der Waals surface area contributed by atoms with Crippen molar-refractivity contribution < 1.29 is 272 Å². The lowest BCUT2D eigenvalue weighted by atomic mass is 9.95. The monoisotopic (exact) mass is 1780 g/mol. The second-order valence-electron chi connectivity index (χ2n) is 30.8. The molecule has 25 aliphatic heterocycles. The van der Waals surface area contributed by atoms with E-state index in [0.717, 1.165) is 7.11 Å². The molecule has 55 nitrogen and oxygen atoms in total. The van der Waals surface area contributed by atoms with Gasteiger partial charge in [0.15, 0.2) is 75.5 Å². The van der Waals surface area contributed by atoms with Crippen molar-refractivity contribution in [3.8, 4) is 0 Å². The molecule has 0 aromatic heterocycles. The second-order valence-corrected chi connectivity index (χ2v) is 30.8. The Morgan fingerprint density at radius 2 is 0.405 bits per heavy atom. The predicted octanol–water partition coefficient (Wildman–Crippen LogP) is -23.3. The van der Waals surface area contributed by atoms with Gasteiger partial charge in [0.05, 0.1) is 66.1 Å². The molecule has 14 bridgehead atoms. The number of hydrogen-bond acceptors (Lipinski definition) is 55. The molecule has 32 N–H and O–H groups in total. The van der Waals surface area contributed by atoms with E-state index in [4.69, 9.17) is 109 Å². The number of aliphatic hydroxyl groups is 32. The maximum absolute atomic E-state index is 12.1. The van der Waals surface area contributed by atoms with E-state index >= 15 is 0 Å². The summed E-state index contributed by atoms with van der Waals surface area (Å²) in [5.74, 6) is 0. The average molecular weight is 1780 g/mol. The van der Waals surface area contributed by atoms with Crippen LogP contribution in [0.1, 0.15) is 0 Å². The van der Waals surface area contributed by atoms with Gasteiger partial charge in [-0.1, -0.05) is 0 Å². The normalized spacial score (nSPS) is 55.0. The Kier molecular flexibility index (Phi) is 33.9. The predicted molar refractivity (Wildman–Crippen MR) is 359 cm³/mol. The molecule has 121 heavy (non-hydrogen) atoms. The summed E-state index contributed by atoms with van der Waals surface area (Å²) < 4.78 is 133. The Balaban J connectivity index is 0.834. The van der Waals surface area contributed by atoms with Gasteiger partial charge in [0, 0.05) is 7.11 Å². The van der Waals surface area contributed by atoms with E-state index in [1.54, 1.807) is 0 Å². The highest BCUT2D eigenvalue weighted by Crippen LogP contribution is 2.42. The lowest BCUT2D eigenvalue weighted by molar-refractivity contribution is -0.416. The minimum Gasteiger partial charge on any atom is -0.394 e. The Bertz CT molecular complexity index is 3130. The van der Waals surface area contributed by atoms with Crippen LogP contribution >= 0.6 is 0 Å². The Morgan fingerprint density at radius 1 is 0.174 bits per heavy atom. The van der Waals surface area contributed by atoms with Crippen LogP contribution in [0.2, 0.25) is 0 Å². The molecule has 25 rings (SSSR count). The SMILES string of the molecule is COC1O[C@H](CO)[C@@H](O[C@H]2O[C@H](CO[C@H]3O[C@@H]4O[C@H]5[C@H](O)[C@@H](O)[C@@H](O[C@H]6[C@H](O)[C@@H](O)[C@@H](O[C@H]7[C@H](O)[C@@H](O)[C@@H](O[C@H]8[C@H](O)[C@@H](O)[C@@H](O[C@H]9[C@H](O)[C@@H](O)[C@@H](O[C@H]%10[C@H](O)[C@@H](O)[C@@H](O[C@H]3[C@H](O)[C@H]4O)O[C@@H]%10CO)O[C@@H]9CO)O[C@@H]8COC3O[C@H](CO)[C@@H](O[C@H]4O[C@H](CO)[C@@H](O)[C@H](O)[C@H]4O)[C@H](O)[C@H]3O)O[C@@H]7CO)O[C@@H]6CO)O[C@@H]5CO)[C@@H](O)[C@H](O)[C@H]2O)[C@H](O)[C@H]1O. The van der Waals surface area contributed by atoms with E-state index in [0.29, 0.717) is 0 Å². The molecule has 55 atom stereocenters.